The maximum absolute atomic E-state index is 3.41. The lowest BCUT2D eigenvalue weighted by molar-refractivity contribution is 0.160. The Morgan fingerprint density at radius 2 is 2.00 bits per heavy atom. The van der Waals surface area contributed by atoms with E-state index in [-0.39, 0.29) is 0 Å². The Labute approximate surface area is 105 Å². The number of hydrogen-bond donors (Lipinski definition) is 1. The summed E-state index contributed by atoms with van der Waals surface area (Å²) in [5.74, 6) is 0. The Morgan fingerprint density at radius 1 is 1.29 bits per heavy atom. The predicted molar refractivity (Wildman–Crippen MR) is 72.2 cm³/mol. The van der Waals surface area contributed by atoms with Crippen LogP contribution >= 0.6 is 0 Å². The molecule has 0 atom stereocenters. The molecule has 0 unspecified atom stereocenters. The van der Waals surface area contributed by atoms with Crippen molar-refractivity contribution in [3.63, 3.8) is 0 Å². The number of hydrogen-bond acceptors (Lipinski definition) is 2. The highest BCUT2D eigenvalue weighted by Gasteiger charge is 2.23. The third kappa shape index (κ3) is 3.86. The Morgan fingerprint density at radius 3 is 2.59 bits per heavy atom. The predicted octanol–water partition coefficient (Wildman–Crippen LogP) is 1.50. The molecular formula is C14H25N3. The molecule has 96 valence electrons. The van der Waals surface area contributed by atoms with Gasteiger partial charge in [-0.2, -0.15) is 0 Å². The Kier molecular flexibility index (Phi) is 3.89. The Balaban J connectivity index is 1.88. The zero-order valence-corrected chi connectivity index (χ0v) is 11.4. The second kappa shape index (κ2) is 5.23. The van der Waals surface area contributed by atoms with Crippen LogP contribution in [-0.4, -0.2) is 42.2 Å². The monoisotopic (exact) mass is 235 g/mol. The highest BCUT2D eigenvalue weighted by atomic mass is 15.2. The summed E-state index contributed by atoms with van der Waals surface area (Å²) in [6, 6.07) is 2.24. The van der Waals surface area contributed by atoms with Gasteiger partial charge in [-0.3, -0.25) is 0 Å². The summed E-state index contributed by atoms with van der Waals surface area (Å²) < 4.78 is 2.14. The second-order valence-corrected chi connectivity index (χ2v) is 6.05. The van der Waals surface area contributed by atoms with Gasteiger partial charge < -0.3 is 14.8 Å². The maximum Gasteiger partial charge on any atom is 0.0108 e. The standard InChI is InChI=1S/C14H25N3/c1-14(2,10-13-4-7-16(3)11-13)12-17-8-5-15-6-9-17/h4,7,11,15H,5-6,8-10,12H2,1-3H3. The van der Waals surface area contributed by atoms with E-state index in [2.05, 4.69) is 54.1 Å². The van der Waals surface area contributed by atoms with Crippen molar-refractivity contribution in [3.05, 3.63) is 24.0 Å². The maximum atomic E-state index is 3.41. The number of rotatable bonds is 4. The van der Waals surface area contributed by atoms with Crippen LogP contribution in [0.25, 0.3) is 0 Å². The zero-order valence-electron chi connectivity index (χ0n) is 11.4. The molecule has 17 heavy (non-hydrogen) atoms. The lowest BCUT2D eigenvalue weighted by Crippen LogP contribution is -2.47. The molecular weight excluding hydrogens is 210 g/mol. The van der Waals surface area contributed by atoms with Gasteiger partial charge in [0.15, 0.2) is 0 Å². The van der Waals surface area contributed by atoms with E-state index in [1.807, 2.05) is 0 Å². The highest BCUT2D eigenvalue weighted by molar-refractivity contribution is 5.12. The van der Waals surface area contributed by atoms with E-state index in [0.29, 0.717) is 5.41 Å². The molecule has 0 bridgehead atoms. The van der Waals surface area contributed by atoms with Gasteiger partial charge in [0.2, 0.25) is 0 Å². The van der Waals surface area contributed by atoms with Crippen LogP contribution in [0.1, 0.15) is 19.4 Å². The minimum atomic E-state index is 0.360. The van der Waals surface area contributed by atoms with Crippen molar-refractivity contribution in [3.8, 4) is 0 Å². The summed E-state index contributed by atoms with van der Waals surface area (Å²) in [5, 5.41) is 3.41. The van der Waals surface area contributed by atoms with Gasteiger partial charge in [-0.15, -0.1) is 0 Å². The van der Waals surface area contributed by atoms with Gasteiger partial charge in [0.05, 0.1) is 0 Å². The van der Waals surface area contributed by atoms with Crippen LogP contribution in [0.2, 0.25) is 0 Å². The molecule has 1 saturated heterocycles. The minimum Gasteiger partial charge on any atom is -0.357 e. The van der Waals surface area contributed by atoms with Crippen LogP contribution in [-0.2, 0) is 13.5 Å². The first-order valence-electron chi connectivity index (χ1n) is 6.59. The van der Waals surface area contributed by atoms with Gasteiger partial charge in [0.1, 0.15) is 0 Å². The van der Waals surface area contributed by atoms with Gasteiger partial charge >= 0.3 is 0 Å². The number of piperazine rings is 1. The molecule has 0 spiro atoms. The number of nitrogens with one attached hydrogen (secondary N) is 1. The molecule has 1 aliphatic rings. The Hall–Kier alpha value is -0.800. The first-order valence-corrected chi connectivity index (χ1v) is 6.59. The van der Waals surface area contributed by atoms with E-state index in [1.54, 1.807) is 0 Å². The van der Waals surface area contributed by atoms with Crippen LogP contribution in [0.15, 0.2) is 18.5 Å². The van der Waals surface area contributed by atoms with Crippen LogP contribution in [0.5, 0.6) is 0 Å². The molecule has 1 aromatic rings. The normalized spacial score (nSPS) is 18.5. The molecule has 2 heterocycles. The lowest BCUT2D eigenvalue weighted by Gasteiger charge is -2.35. The smallest absolute Gasteiger partial charge is 0.0108 e. The van der Waals surface area contributed by atoms with Gasteiger partial charge in [0.25, 0.3) is 0 Å². The van der Waals surface area contributed by atoms with Crippen molar-refractivity contribution >= 4 is 0 Å². The minimum absolute atomic E-state index is 0.360. The molecule has 3 heteroatoms. The van der Waals surface area contributed by atoms with Gasteiger partial charge in [-0.1, -0.05) is 13.8 Å². The van der Waals surface area contributed by atoms with E-state index < -0.39 is 0 Å². The van der Waals surface area contributed by atoms with Crippen molar-refractivity contribution in [2.24, 2.45) is 12.5 Å². The van der Waals surface area contributed by atoms with Crippen LogP contribution < -0.4 is 5.32 Å². The molecule has 1 N–H and O–H groups in total. The SMILES string of the molecule is Cn1ccc(CC(C)(C)CN2CCNCC2)c1. The average molecular weight is 235 g/mol. The molecule has 1 aromatic heterocycles. The van der Waals surface area contributed by atoms with Gasteiger partial charge in [-0.05, 0) is 23.5 Å². The summed E-state index contributed by atoms with van der Waals surface area (Å²) in [7, 11) is 2.09. The third-order valence-electron chi connectivity index (χ3n) is 3.44. The topological polar surface area (TPSA) is 20.2 Å². The van der Waals surface area contributed by atoms with E-state index >= 15 is 0 Å². The fraction of sp³-hybridized carbons (Fsp3) is 0.714. The zero-order chi connectivity index (χ0) is 12.3. The van der Waals surface area contributed by atoms with Crippen LogP contribution in [0, 0.1) is 5.41 Å². The molecule has 0 aliphatic carbocycles. The molecule has 3 nitrogen and oxygen atoms in total. The van der Waals surface area contributed by atoms with Crippen molar-refractivity contribution in [2.45, 2.75) is 20.3 Å². The van der Waals surface area contributed by atoms with E-state index in [9.17, 15) is 0 Å². The van der Waals surface area contributed by atoms with Gasteiger partial charge in [-0.25, -0.2) is 0 Å². The summed E-state index contributed by atoms with van der Waals surface area (Å²) in [6.45, 7) is 10.6. The van der Waals surface area contributed by atoms with Crippen LogP contribution in [0.3, 0.4) is 0 Å². The molecule has 2 rings (SSSR count). The number of nitrogens with zero attached hydrogens (tertiary/aromatic N) is 2. The first-order chi connectivity index (χ1) is 8.05. The molecule has 0 aromatic carbocycles. The summed E-state index contributed by atoms with van der Waals surface area (Å²) in [4.78, 5) is 2.58. The number of aryl methyl sites for hydroxylation is 1. The lowest BCUT2D eigenvalue weighted by atomic mass is 9.86. The molecule has 0 amide bonds. The van der Waals surface area contributed by atoms with Crippen molar-refractivity contribution in [1.29, 1.82) is 0 Å². The fourth-order valence-corrected chi connectivity index (χ4v) is 2.75. The quantitative estimate of drug-likeness (QED) is 0.853. The van der Waals surface area contributed by atoms with Crippen LogP contribution in [0.4, 0.5) is 0 Å². The number of aromatic nitrogens is 1. The molecule has 0 radical (unpaired) electrons. The van der Waals surface area contributed by atoms with E-state index in [4.69, 9.17) is 0 Å². The Bertz CT molecular complexity index is 348. The van der Waals surface area contributed by atoms with Gasteiger partial charge in [0, 0.05) is 52.2 Å². The van der Waals surface area contributed by atoms with Crippen molar-refractivity contribution < 1.29 is 0 Å². The molecule has 1 aliphatic heterocycles. The van der Waals surface area contributed by atoms with Crippen molar-refractivity contribution in [2.75, 3.05) is 32.7 Å². The largest absolute Gasteiger partial charge is 0.357 e. The molecule has 0 saturated carbocycles. The summed E-state index contributed by atoms with van der Waals surface area (Å²) >= 11 is 0. The average Bonchev–Trinajstić information content (AvgIpc) is 2.63. The van der Waals surface area contributed by atoms with Crippen molar-refractivity contribution in [1.82, 2.24) is 14.8 Å². The summed E-state index contributed by atoms with van der Waals surface area (Å²) in [6.07, 6.45) is 5.54. The third-order valence-corrected chi connectivity index (χ3v) is 3.44. The van der Waals surface area contributed by atoms with E-state index in [1.165, 1.54) is 25.2 Å². The molecule has 1 fully saturated rings. The highest BCUT2D eigenvalue weighted by Crippen LogP contribution is 2.23. The summed E-state index contributed by atoms with van der Waals surface area (Å²) in [5.41, 5.74) is 1.81. The fourth-order valence-electron chi connectivity index (χ4n) is 2.75. The second-order valence-electron chi connectivity index (χ2n) is 6.05. The first kappa shape index (κ1) is 12.7. The van der Waals surface area contributed by atoms with E-state index in [0.717, 1.165) is 19.5 Å².